The fourth-order valence-corrected chi connectivity index (χ4v) is 0.560. The lowest BCUT2D eigenvalue weighted by molar-refractivity contribution is -0.148. The van der Waals surface area contributed by atoms with E-state index in [9.17, 15) is 9.18 Å². The summed E-state index contributed by atoms with van der Waals surface area (Å²) in [6, 6.07) is 0. The third-order valence-electron chi connectivity index (χ3n) is 0.678. The number of halogens is 2. The fourth-order valence-electron chi connectivity index (χ4n) is 0.296. The Kier molecular flexibility index (Phi) is 4.67. The first-order valence-electron chi connectivity index (χ1n) is 2.59. The summed E-state index contributed by atoms with van der Waals surface area (Å²) >= 11 is 2.81. The van der Waals surface area contributed by atoms with Gasteiger partial charge in [0.1, 0.15) is 0 Å². The number of alkyl halides is 2. The van der Waals surface area contributed by atoms with Crippen LogP contribution >= 0.6 is 15.9 Å². The Balaban J connectivity index is 3.46. The number of esters is 1. The summed E-state index contributed by atoms with van der Waals surface area (Å²) in [5.41, 5.74) is 0. The predicted molar refractivity (Wildman–Crippen MR) is 35.3 cm³/mol. The topological polar surface area (TPSA) is 26.3 Å². The van der Waals surface area contributed by atoms with Crippen LogP contribution in [0.3, 0.4) is 0 Å². The lowest BCUT2D eigenvalue weighted by Crippen LogP contribution is -2.19. The Morgan fingerprint density at radius 3 is 2.78 bits per heavy atom. The fraction of sp³-hybridized carbons (Fsp3) is 0.800. The quantitative estimate of drug-likeness (QED) is 0.505. The van der Waals surface area contributed by atoms with Gasteiger partial charge in [0.25, 0.3) is 0 Å². The van der Waals surface area contributed by atoms with Gasteiger partial charge in [0.2, 0.25) is 6.17 Å². The third kappa shape index (κ3) is 3.46. The molecule has 0 spiro atoms. The molecule has 0 aliphatic carbocycles. The second-order valence-corrected chi connectivity index (χ2v) is 2.02. The summed E-state index contributed by atoms with van der Waals surface area (Å²) in [4.78, 5) is 10.3. The molecule has 0 saturated carbocycles. The highest BCUT2D eigenvalue weighted by Crippen LogP contribution is 1.98. The minimum absolute atomic E-state index is 0.00579. The molecule has 0 radical (unpaired) electrons. The first-order chi connectivity index (χ1) is 4.22. The van der Waals surface area contributed by atoms with Gasteiger partial charge in [0.05, 0.1) is 6.61 Å². The van der Waals surface area contributed by atoms with Gasteiger partial charge in [-0.05, 0) is 6.92 Å². The largest absolute Gasteiger partial charge is 0.464 e. The number of ether oxygens (including phenoxy) is 1. The SMILES string of the molecule is CCOC(=O)C(F)CBr. The highest BCUT2D eigenvalue weighted by Gasteiger charge is 2.15. The van der Waals surface area contributed by atoms with Gasteiger partial charge in [-0.1, -0.05) is 15.9 Å². The number of carbonyl (C=O) groups is 1. The van der Waals surface area contributed by atoms with Crippen LogP contribution < -0.4 is 0 Å². The van der Waals surface area contributed by atoms with Gasteiger partial charge in [0.15, 0.2) is 0 Å². The minimum Gasteiger partial charge on any atom is -0.464 e. The summed E-state index contributed by atoms with van der Waals surface area (Å²) in [5.74, 6) is -0.797. The molecule has 0 aliphatic heterocycles. The maximum absolute atomic E-state index is 12.2. The maximum atomic E-state index is 12.2. The van der Waals surface area contributed by atoms with Crippen molar-refractivity contribution in [3.8, 4) is 0 Å². The van der Waals surface area contributed by atoms with Gasteiger partial charge in [-0.3, -0.25) is 0 Å². The Morgan fingerprint density at radius 1 is 1.89 bits per heavy atom. The molecule has 2 nitrogen and oxygen atoms in total. The van der Waals surface area contributed by atoms with Gasteiger partial charge in [0, 0.05) is 5.33 Å². The van der Waals surface area contributed by atoms with Crippen LogP contribution in [-0.4, -0.2) is 24.1 Å². The van der Waals surface area contributed by atoms with Crippen molar-refractivity contribution < 1.29 is 13.9 Å². The average molecular weight is 199 g/mol. The Bertz CT molecular complexity index is 97.0. The summed E-state index contributed by atoms with van der Waals surface area (Å²) in [7, 11) is 0. The normalized spacial score (nSPS) is 12.8. The molecule has 0 bridgehead atoms. The van der Waals surface area contributed by atoms with Crippen LogP contribution in [0.25, 0.3) is 0 Å². The van der Waals surface area contributed by atoms with E-state index in [0.717, 1.165) is 0 Å². The molecule has 9 heavy (non-hydrogen) atoms. The average Bonchev–Trinajstić information content (AvgIpc) is 1.87. The van der Waals surface area contributed by atoms with Crippen LogP contribution in [-0.2, 0) is 9.53 Å². The lowest BCUT2D eigenvalue weighted by atomic mass is 10.4. The van der Waals surface area contributed by atoms with Crippen molar-refractivity contribution >= 4 is 21.9 Å². The van der Waals surface area contributed by atoms with E-state index in [2.05, 4.69) is 20.7 Å². The number of carbonyl (C=O) groups excluding carboxylic acids is 1. The standard InChI is InChI=1S/C5H8BrFO2/c1-2-9-5(8)4(7)3-6/h4H,2-3H2,1H3. The molecule has 0 aromatic carbocycles. The van der Waals surface area contributed by atoms with E-state index in [1.165, 1.54) is 0 Å². The zero-order chi connectivity index (χ0) is 7.28. The van der Waals surface area contributed by atoms with Crippen molar-refractivity contribution in [1.82, 2.24) is 0 Å². The van der Waals surface area contributed by atoms with Gasteiger partial charge in [-0.2, -0.15) is 0 Å². The summed E-state index contributed by atoms with van der Waals surface area (Å²) in [6.45, 7) is 1.87. The molecular formula is C5H8BrFO2. The molecular weight excluding hydrogens is 191 g/mol. The zero-order valence-electron chi connectivity index (χ0n) is 5.06. The van der Waals surface area contributed by atoms with E-state index in [1.807, 2.05) is 0 Å². The van der Waals surface area contributed by atoms with E-state index in [1.54, 1.807) is 6.92 Å². The minimum atomic E-state index is -1.52. The lowest BCUT2D eigenvalue weighted by Gasteiger charge is -2.01. The summed E-state index contributed by atoms with van der Waals surface area (Å²) in [5, 5.41) is 0.00579. The molecule has 0 saturated heterocycles. The highest BCUT2D eigenvalue weighted by atomic mass is 79.9. The van der Waals surface area contributed by atoms with Crippen molar-refractivity contribution in [2.24, 2.45) is 0 Å². The molecule has 0 aliphatic rings. The highest BCUT2D eigenvalue weighted by molar-refractivity contribution is 9.09. The molecule has 0 N–H and O–H groups in total. The molecule has 1 unspecified atom stereocenters. The molecule has 0 amide bonds. The monoisotopic (exact) mass is 198 g/mol. The van der Waals surface area contributed by atoms with Crippen LogP contribution in [0.4, 0.5) is 4.39 Å². The van der Waals surface area contributed by atoms with Gasteiger partial charge in [-0.25, -0.2) is 9.18 Å². The summed E-state index contributed by atoms with van der Waals surface area (Å²) < 4.78 is 16.5. The first-order valence-corrected chi connectivity index (χ1v) is 3.71. The number of rotatable bonds is 3. The second kappa shape index (κ2) is 4.73. The van der Waals surface area contributed by atoms with Crippen molar-refractivity contribution in [3.05, 3.63) is 0 Å². The van der Waals surface area contributed by atoms with Crippen LogP contribution in [0.1, 0.15) is 6.92 Å². The molecule has 0 aromatic heterocycles. The summed E-state index contributed by atoms with van der Waals surface area (Å²) in [6.07, 6.45) is -1.52. The molecule has 0 fully saturated rings. The Morgan fingerprint density at radius 2 is 2.44 bits per heavy atom. The first kappa shape index (κ1) is 8.88. The second-order valence-electron chi connectivity index (χ2n) is 1.37. The molecule has 0 aromatic rings. The van der Waals surface area contributed by atoms with Gasteiger partial charge >= 0.3 is 5.97 Å². The van der Waals surface area contributed by atoms with Gasteiger partial charge in [-0.15, -0.1) is 0 Å². The van der Waals surface area contributed by atoms with Crippen LogP contribution in [0, 0.1) is 0 Å². The molecule has 54 valence electrons. The molecule has 1 atom stereocenters. The van der Waals surface area contributed by atoms with Crippen molar-refractivity contribution in [1.29, 1.82) is 0 Å². The predicted octanol–water partition coefficient (Wildman–Crippen LogP) is 1.28. The molecule has 0 heterocycles. The van der Waals surface area contributed by atoms with Crippen molar-refractivity contribution in [2.45, 2.75) is 13.1 Å². The molecule has 4 heteroatoms. The number of hydrogen-bond donors (Lipinski definition) is 0. The molecule has 0 rings (SSSR count). The zero-order valence-corrected chi connectivity index (χ0v) is 6.65. The van der Waals surface area contributed by atoms with E-state index in [-0.39, 0.29) is 11.9 Å². The number of hydrogen-bond acceptors (Lipinski definition) is 2. The van der Waals surface area contributed by atoms with E-state index in [4.69, 9.17) is 0 Å². The van der Waals surface area contributed by atoms with Crippen LogP contribution in [0.2, 0.25) is 0 Å². The van der Waals surface area contributed by atoms with Crippen LogP contribution in [0.5, 0.6) is 0 Å². The van der Waals surface area contributed by atoms with Crippen molar-refractivity contribution in [2.75, 3.05) is 11.9 Å². The van der Waals surface area contributed by atoms with Crippen molar-refractivity contribution in [3.63, 3.8) is 0 Å². The Labute approximate surface area is 61.5 Å². The van der Waals surface area contributed by atoms with E-state index in [0.29, 0.717) is 0 Å². The third-order valence-corrected chi connectivity index (χ3v) is 1.25. The van der Waals surface area contributed by atoms with E-state index < -0.39 is 12.1 Å². The Hall–Kier alpha value is -0.120. The van der Waals surface area contributed by atoms with Gasteiger partial charge < -0.3 is 4.74 Å². The smallest absolute Gasteiger partial charge is 0.341 e. The maximum Gasteiger partial charge on any atom is 0.341 e. The van der Waals surface area contributed by atoms with E-state index >= 15 is 0 Å². The van der Waals surface area contributed by atoms with Crippen LogP contribution in [0.15, 0.2) is 0 Å².